The van der Waals surface area contributed by atoms with Gasteiger partial charge in [-0.2, -0.15) is 5.26 Å². The number of nitrogens with zero attached hydrogens (tertiary/aromatic N) is 5. The first-order chi connectivity index (χ1) is 14.2. The molecule has 3 rings (SSSR count). The summed E-state index contributed by atoms with van der Waals surface area (Å²) in [5.41, 5.74) is 1.38. The van der Waals surface area contributed by atoms with Gasteiger partial charge in [-0.3, -0.25) is 9.59 Å². The Kier molecular flexibility index (Phi) is 5.89. The van der Waals surface area contributed by atoms with Crippen LogP contribution in [0.2, 0.25) is 0 Å². The zero-order valence-electron chi connectivity index (χ0n) is 17.5. The summed E-state index contributed by atoms with van der Waals surface area (Å²) in [5.74, 6) is -0.589. The number of aliphatic hydroxyl groups excluding tert-OH is 1. The fourth-order valence-electron chi connectivity index (χ4n) is 3.76. The van der Waals surface area contributed by atoms with Crippen LogP contribution in [0.3, 0.4) is 0 Å². The van der Waals surface area contributed by atoms with E-state index in [9.17, 15) is 14.7 Å². The van der Waals surface area contributed by atoms with Crippen LogP contribution in [-0.2, 0) is 9.59 Å². The van der Waals surface area contributed by atoms with Crippen LogP contribution in [0.25, 0.3) is 11.3 Å². The summed E-state index contributed by atoms with van der Waals surface area (Å²) in [4.78, 5) is 27.2. The zero-order chi connectivity index (χ0) is 22.1. The highest BCUT2D eigenvalue weighted by Crippen LogP contribution is 2.35. The molecule has 0 radical (unpaired) electrons. The van der Waals surface area contributed by atoms with Crippen molar-refractivity contribution in [3.05, 3.63) is 36.0 Å². The highest BCUT2D eigenvalue weighted by molar-refractivity contribution is 5.90. The molecule has 1 fully saturated rings. The monoisotopic (exact) mass is 410 g/mol. The summed E-state index contributed by atoms with van der Waals surface area (Å²) in [5, 5.41) is 30.0. The molecule has 1 aromatic heterocycles. The molecule has 30 heavy (non-hydrogen) atoms. The second kappa shape index (κ2) is 8.24. The quantitative estimate of drug-likeness (QED) is 0.778. The lowest BCUT2D eigenvalue weighted by Crippen LogP contribution is -2.49. The Morgan fingerprint density at radius 3 is 2.53 bits per heavy atom. The highest BCUT2D eigenvalue weighted by Gasteiger charge is 2.45. The molecule has 158 valence electrons. The number of carbonyl (C=O) groups excluding carboxylic acids is 2. The van der Waals surface area contributed by atoms with Gasteiger partial charge in [0.2, 0.25) is 11.8 Å². The van der Waals surface area contributed by atoms with E-state index in [1.807, 2.05) is 20.8 Å². The number of carbonyl (C=O) groups is 2. The van der Waals surface area contributed by atoms with E-state index in [4.69, 9.17) is 5.26 Å². The number of amides is 2. The van der Waals surface area contributed by atoms with Gasteiger partial charge in [-0.25, -0.2) is 4.68 Å². The van der Waals surface area contributed by atoms with Gasteiger partial charge in [0.1, 0.15) is 17.8 Å². The molecular weight excluding hydrogens is 384 g/mol. The van der Waals surface area contributed by atoms with E-state index >= 15 is 0 Å². The Morgan fingerprint density at radius 1 is 1.30 bits per heavy atom. The Hall–Kier alpha value is -3.25. The fourth-order valence-corrected chi connectivity index (χ4v) is 3.76. The molecule has 2 N–H and O–H groups in total. The van der Waals surface area contributed by atoms with E-state index in [1.54, 1.807) is 30.5 Å². The van der Waals surface area contributed by atoms with E-state index in [0.717, 1.165) is 5.56 Å². The maximum absolute atomic E-state index is 13.5. The predicted octanol–water partition coefficient (Wildman–Crippen LogP) is 1.11. The number of benzene rings is 1. The molecule has 1 aliphatic heterocycles. The lowest BCUT2D eigenvalue weighted by atomic mass is 9.85. The fraction of sp³-hybridized carbons (Fsp3) is 0.476. The van der Waals surface area contributed by atoms with Crippen molar-refractivity contribution in [1.82, 2.24) is 25.2 Å². The Bertz CT molecular complexity index is 970. The smallest absolute Gasteiger partial charge is 0.248 e. The van der Waals surface area contributed by atoms with Crippen molar-refractivity contribution >= 4 is 11.8 Å². The van der Waals surface area contributed by atoms with Crippen molar-refractivity contribution in [1.29, 1.82) is 5.26 Å². The predicted molar refractivity (Wildman–Crippen MR) is 109 cm³/mol. The summed E-state index contributed by atoms with van der Waals surface area (Å²) in [7, 11) is 1.51. The number of aliphatic hydroxyl groups is 1. The van der Waals surface area contributed by atoms with Crippen molar-refractivity contribution in [2.45, 2.75) is 45.4 Å². The molecule has 2 aromatic rings. The van der Waals surface area contributed by atoms with Crippen molar-refractivity contribution in [2.24, 2.45) is 5.41 Å². The number of β-amino-alcohol motifs (C(OH)–C–C–N with tert-alkyl or cyclic N) is 1. The third kappa shape index (κ3) is 4.19. The molecule has 9 heteroatoms. The first-order valence-electron chi connectivity index (χ1n) is 9.78. The molecule has 9 nitrogen and oxygen atoms in total. The van der Waals surface area contributed by atoms with Crippen LogP contribution < -0.4 is 5.32 Å². The largest absolute Gasteiger partial charge is 0.391 e. The minimum atomic E-state index is -0.748. The minimum Gasteiger partial charge on any atom is -0.391 e. The standard InChI is InChI=1S/C21H26N6O3/c1-21(2,3)18(20(30)26-11-15(28)9-17(26)19(29)23-4)27-12-16(24-25-27)14-7-5-13(10-22)6-8-14/h5-8,12,15,17-18,28H,9,11H2,1-4H3,(H,23,29)/t15?,17-,18?/m1/s1. The van der Waals surface area contributed by atoms with Crippen LogP contribution in [0, 0.1) is 16.7 Å². The number of hydrogen-bond donors (Lipinski definition) is 2. The van der Waals surface area contributed by atoms with E-state index < -0.39 is 23.6 Å². The molecule has 1 aliphatic rings. The molecule has 0 bridgehead atoms. The van der Waals surface area contributed by atoms with Crippen LogP contribution in [0.5, 0.6) is 0 Å². The lowest BCUT2D eigenvalue weighted by Gasteiger charge is -2.34. The SMILES string of the molecule is CNC(=O)[C@H]1CC(O)CN1C(=O)C(n1cc(-c2ccc(C#N)cc2)nn1)C(C)(C)C. The first-order valence-corrected chi connectivity index (χ1v) is 9.78. The van der Waals surface area contributed by atoms with Gasteiger partial charge in [0.25, 0.3) is 0 Å². The molecule has 3 atom stereocenters. The molecular formula is C21H26N6O3. The van der Waals surface area contributed by atoms with Crippen LogP contribution in [0.15, 0.2) is 30.5 Å². The first kappa shape index (κ1) is 21.5. The number of nitriles is 1. The van der Waals surface area contributed by atoms with Crippen LogP contribution >= 0.6 is 0 Å². The Balaban J connectivity index is 1.93. The third-order valence-electron chi connectivity index (χ3n) is 5.25. The second-order valence-electron chi connectivity index (χ2n) is 8.55. The molecule has 2 heterocycles. The number of hydrogen-bond acceptors (Lipinski definition) is 6. The van der Waals surface area contributed by atoms with Gasteiger partial charge in [0.05, 0.1) is 23.9 Å². The lowest BCUT2D eigenvalue weighted by molar-refractivity contribution is -0.144. The average molecular weight is 410 g/mol. The highest BCUT2D eigenvalue weighted by atomic mass is 16.3. The minimum absolute atomic E-state index is 0.0979. The number of likely N-dealkylation sites (N-methyl/N-ethyl adjacent to an activating group) is 1. The number of rotatable bonds is 4. The Labute approximate surface area is 175 Å². The van der Waals surface area contributed by atoms with Crippen molar-refractivity contribution in [3.63, 3.8) is 0 Å². The Morgan fingerprint density at radius 2 is 1.97 bits per heavy atom. The third-order valence-corrected chi connectivity index (χ3v) is 5.25. The molecule has 2 amide bonds. The van der Waals surface area contributed by atoms with Gasteiger partial charge in [-0.05, 0) is 17.5 Å². The van der Waals surface area contributed by atoms with Gasteiger partial charge >= 0.3 is 0 Å². The number of aromatic nitrogens is 3. The second-order valence-corrected chi connectivity index (χ2v) is 8.55. The maximum atomic E-state index is 13.5. The summed E-state index contributed by atoms with van der Waals surface area (Å²) < 4.78 is 1.52. The molecule has 1 aromatic carbocycles. The normalized spacial score (nSPS) is 19.9. The van der Waals surface area contributed by atoms with E-state index in [2.05, 4.69) is 21.7 Å². The molecule has 0 aliphatic carbocycles. The topological polar surface area (TPSA) is 124 Å². The van der Waals surface area contributed by atoms with Gasteiger partial charge in [-0.1, -0.05) is 38.1 Å². The van der Waals surface area contributed by atoms with E-state index in [-0.39, 0.29) is 24.8 Å². The van der Waals surface area contributed by atoms with Gasteiger partial charge in [-0.15, -0.1) is 5.10 Å². The summed E-state index contributed by atoms with van der Waals surface area (Å²) in [6.07, 6.45) is 1.15. The van der Waals surface area contributed by atoms with Gasteiger partial charge in [0, 0.05) is 25.6 Å². The van der Waals surface area contributed by atoms with Gasteiger partial charge in [0.15, 0.2) is 0 Å². The molecule has 0 spiro atoms. The molecule has 2 unspecified atom stereocenters. The number of likely N-dealkylation sites (tertiary alicyclic amines) is 1. The number of nitrogens with one attached hydrogen (secondary N) is 1. The van der Waals surface area contributed by atoms with Crippen molar-refractivity contribution in [3.8, 4) is 17.3 Å². The summed E-state index contributed by atoms with van der Waals surface area (Å²) >= 11 is 0. The van der Waals surface area contributed by atoms with E-state index in [1.165, 1.54) is 16.6 Å². The maximum Gasteiger partial charge on any atom is 0.248 e. The molecule has 0 saturated carbocycles. The van der Waals surface area contributed by atoms with Gasteiger partial charge < -0.3 is 15.3 Å². The van der Waals surface area contributed by atoms with Crippen LogP contribution in [0.1, 0.15) is 38.8 Å². The molecule has 1 saturated heterocycles. The van der Waals surface area contributed by atoms with Crippen molar-refractivity contribution in [2.75, 3.05) is 13.6 Å². The van der Waals surface area contributed by atoms with Crippen molar-refractivity contribution < 1.29 is 14.7 Å². The van der Waals surface area contributed by atoms with Crippen LogP contribution in [0.4, 0.5) is 0 Å². The van der Waals surface area contributed by atoms with Crippen LogP contribution in [-0.4, -0.2) is 62.6 Å². The zero-order valence-corrected chi connectivity index (χ0v) is 17.5. The summed E-state index contributed by atoms with van der Waals surface area (Å²) in [6.45, 7) is 5.85. The summed E-state index contributed by atoms with van der Waals surface area (Å²) in [6, 6.07) is 7.58. The average Bonchev–Trinajstić information content (AvgIpc) is 3.33. The van der Waals surface area contributed by atoms with E-state index in [0.29, 0.717) is 11.3 Å².